The van der Waals surface area contributed by atoms with Crippen LogP contribution in [-0.4, -0.2) is 19.1 Å². The Bertz CT molecular complexity index is 343. The first kappa shape index (κ1) is 9.37. The summed E-state index contributed by atoms with van der Waals surface area (Å²) in [5, 5.41) is 3.17. The van der Waals surface area contributed by atoms with Crippen molar-refractivity contribution in [2.45, 2.75) is 6.04 Å². The third-order valence-corrected chi connectivity index (χ3v) is 2.41. The zero-order valence-electron chi connectivity index (χ0n) is 7.83. The number of nitrogens with one attached hydrogen (secondary N) is 1. The highest BCUT2D eigenvalue weighted by Gasteiger charge is 2.14. The standard InChI is InChI=1S/C11H13FN2/c12-9-3-1-8(2-4-9)10-5-6-14-7-11(10)13/h1-5,11,14H,6-7,13H2/t11-/m0/s1. The van der Waals surface area contributed by atoms with Gasteiger partial charge in [0.25, 0.3) is 0 Å². The van der Waals surface area contributed by atoms with Crippen molar-refractivity contribution in [2.75, 3.05) is 13.1 Å². The quantitative estimate of drug-likeness (QED) is 0.700. The van der Waals surface area contributed by atoms with Crippen molar-refractivity contribution < 1.29 is 4.39 Å². The van der Waals surface area contributed by atoms with E-state index in [1.807, 2.05) is 0 Å². The molecule has 14 heavy (non-hydrogen) atoms. The third-order valence-electron chi connectivity index (χ3n) is 2.41. The third kappa shape index (κ3) is 1.84. The van der Waals surface area contributed by atoms with E-state index in [0.717, 1.165) is 24.2 Å². The van der Waals surface area contributed by atoms with E-state index in [-0.39, 0.29) is 11.9 Å². The van der Waals surface area contributed by atoms with Gasteiger partial charge in [-0.05, 0) is 23.3 Å². The summed E-state index contributed by atoms with van der Waals surface area (Å²) in [4.78, 5) is 0. The molecule has 0 saturated carbocycles. The van der Waals surface area contributed by atoms with Gasteiger partial charge in [-0.1, -0.05) is 18.2 Å². The van der Waals surface area contributed by atoms with Gasteiger partial charge in [0.2, 0.25) is 0 Å². The van der Waals surface area contributed by atoms with Gasteiger partial charge in [-0.15, -0.1) is 0 Å². The summed E-state index contributed by atoms with van der Waals surface area (Å²) in [5.41, 5.74) is 8.04. The van der Waals surface area contributed by atoms with Gasteiger partial charge in [-0.2, -0.15) is 0 Å². The smallest absolute Gasteiger partial charge is 0.123 e. The Kier molecular flexibility index (Phi) is 2.61. The maximum absolute atomic E-state index is 12.7. The Hall–Kier alpha value is -1.19. The average molecular weight is 192 g/mol. The van der Waals surface area contributed by atoms with E-state index in [4.69, 9.17) is 5.73 Å². The molecule has 0 aliphatic carbocycles. The fourth-order valence-corrected chi connectivity index (χ4v) is 1.66. The molecule has 0 aromatic heterocycles. The summed E-state index contributed by atoms with van der Waals surface area (Å²) >= 11 is 0. The van der Waals surface area contributed by atoms with Gasteiger partial charge in [-0.25, -0.2) is 4.39 Å². The highest BCUT2D eigenvalue weighted by Crippen LogP contribution is 2.18. The molecular weight excluding hydrogens is 179 g/mol. The van der Waals surface area contributed by atoms with E-state index < -0.39 is 0 Å². The second-order valence-electron chi connectivity index (χ2n) is 3.43. The molecule has 2 nitrogen and oxygen atoms in total. The maximum atomic E-state index is 12.7. The fourth-order valence-electron chi connectivity index (χ4n) is 1.66. The fraction of sp³-hybridized carbons (Fsp3) is 0.273. The van der Waals surface area contributed by atoms with Crippen molar-refractivity contribution >= 4 is 5.57 Å². The number of halogens is 1. The molecule has 0 bridgehead atoms. The lowest BCUT2D eigenvalue weighted by Gasteiger charge is -2.21. The predicted octanol–water partition coefficient (Wildman–Crippen LogP) is 1.14. The normalized spacial score (nSPS) is 21.9. The molecule has 3 heteroatoms. The summed E-state index contributed by atoms with van der Waals surface area (Å²) in [5.74, 6) is -0.211. The van der Waals surface area contributed by atoms with Gasteiger partial charge >= 0.3 is 0 Å². The van der Waals surface area contributed by atoms with E-state index in [1.54, 1.807) is 12.1 Å². The number of hydrogen-bond donors (Lipinski definition) is 2. The van der Waals surface area contributed by atoms with Gasteiger partial charge in [0.05, 0.1) is 0 Å². The minimum atomic E-state index is -0.211. The summed E-state index contributed by atoms with van der Waals surface area (Å²) < 4.78 is 12.7. The molecule has 1 aliphatic rings. The molecule has 1 heterocycles. The Morgan fingerprint density at radius 3 is 2.64 bits per heavy atom. The van der Waals surface area contributed by atoms with Crippen LogP contribution in [0.2, 0.25) is 0 Å². The maximum Gasteiger partial charge on any atom is 0.123 e. The molecule has 0 amide bonds. The van der Waals surface area contributed by atoms with Crippen molar-refractivity contribution in [2.24, 2.45) is 5.73 Å². The summed E-state index contributed by atoms with van der Waals surface area (Å²) in [6.45, 7) is 1.61. The summed E-state index contributed by atoms with van der Waals surface area (Å²) in [6, 6.07) is 6.48. The molecule has 74 valence electrons. The van der Waals surface area contributed by atoms with Crippen LogP contribution in [0.4, 0.5) is 4.39 Å². The monoisotopic (exact) mass is 192 g/mol. The highest BCUT2D eigenvalue weighted by molar-refractivity contribution is 5.70. The average Bonchev–Trinajstić information content (AvgIpc) is 2.20. The Morgan fingerprint density at radius 1 is 1.29 bits per heavy atom. The van der Waals surface area contributed by atoms with Crippen LogP contribution >= 0.6 is 0 Å². The molecular formula is C11H13FN2. The van der Waals surface area contributed by atoms with Gasteiger partial charge < -0.3 is 11.1 Å². The number of rotatable bonds is 1. The summed E-state index contributed by atoms with van der Waals surface area (Å²) in [7, 11) is 0. The largest absolute Gasteiger partial charge is 0.323 e. The van der Waals surface area contributed by atoms with Crippen molar-refractivity contribution in [1.29, 1.82) is 0 Å². The van der Waals surface area contributed by atoms with E-state index in [1.165, 1.54) is 12.1 Å². The van der Waals surface area contributed by atoms with Crippen LogP contribution in [0, 0.1) is 5.82 Å². The molecule has 0 saturated heterocycles. The van der Waals surface area contributed by atoms with Crippen molar-refractivity contribution in [3.63, 3.8) is 0 Å². The molecule has 1 aromatic carbocycles. The second kappa shape index (κ2) is 3.90. The zero-order chi connectivity index (χ0) is 9.97. The number of nitrogens with two attached hydrogens (primary N) is 1. The molecule has 3 N–H and O–H groups in total. The molecule has 1 atom stereocenters. The first-order valence-corrected chi connectivity index (χ1v) is 4.69. The van der Waals surface area contributed by atoms with Crippen LogP contribution in [-0.2, 0) is 0 Å². The zero-order valence-corrected chi connectivity index (χ0v) is 7.83. The molecule has 0 spiro atoms. The topological polar surface area (TPSA) is 38.0 Å². The predicted molar refractivity (Wildman–Crippen MR) is 55.2 cm³/mol. The first-order chi connectivity index (χ1) is 6.77. The van der Waals surface area contributed by atoms with Crippen LogP contribution in [0.25, 0.3) is 5.57 Å². The van der Waals surface area contributed by atoms with E-state index in [9.17, 15) is 4.39 Å². The lowest BCUT2D eigenvalue weighted by atomic mass is 9.96. The number of benzene rings is 1. The van der Waals surface area contributed by atoms with Crippen molar-refractivity contribution in [3.05, 3.63) is 41.7 Å². The molecule has 0 fully saturated rings. The van der Waals surface area contributed by atoms with Crippen molar-refractivity contribution in [3.8, 4) is 0 Å². The van der Waals surface area contributed by atoms with E-state index >= 15 is 0 Å². The molecule has 0 radical (unpaired) electrons. The van der Waals surface area contributed by atoms with Gasteiger partial charge in [0.1, 0.15) is 5.82 Å². The van der Waals surface area contributed by atoms with Crippen LogP contribution in [0.3, 0.4) is 0 Å². The van der Waals surface area contributed by atoms with Crippen LogP contribution in [0.1, 0.15) is 5.56 Å². The minimum absolute atomic E-state index is 0.00853. The van der Waals surface area contributed by atoms with Crippen LogP contribution in [0.5, 0.6) is 0 Å². The van der Waals surface area contributed by atoms with Gasteiger partial charge in [0.15, 0.2) is 0 Å². The lowest BCUT2D eigenvalue weighted by Crippen LogP contribution is -2.38. The molecule has 1 aromatic rings. The second-order valence-corrected chi connectivity index (χ2v) is 3.43. The van der Waals surface area contributed by atoms with Crippen LogP contribution < -0.4 is 11.1 Å². The number of hydrogen-bond acceptors (Lipinski definition) is 2. The Labute approximate surface area is 82.6 Å². The van der Waals surface area contributed by atoms with E-state index in [2.05, 4.69) is 11.4 Å². The van der Waals surface area contributed by atoms with Gasteiger partial charge in [-0.3, -0.25) is 0 Å². The lowest BCUT2D eigenvalue weighted by molar-refractivity contribution is 0.627. The highest BCUT2D eigenvalue weighted by atomic mass is 19.1. The first-order valence-electron chi connectivity index (χ1n) is 4.69. The molecule has 2 rings (SSSR count). The summed E-state index contributed by atoms with van der Waals surface area (Å²) in [6.07, 6.45) is 2.06. The minimum Gasteiger partial charge on any atom is -0.323 e. The SMILES string of the molecule is N[C@H]1CNCC=C1c1ccc(F)cc1. The van der Waals surface area contributed by atoms with Crippen LogP contribution in [0.15, 0.2) is 30.3 Å². The van der Waals surface area contributed by atoms with Gasteiger partial charge in [0, 0.05) is 19.1 Å². The molecule has 0 unspecified atom stereocenters. The Morgan fingerprint density at radius 2 is 2.00 bits per heavy atom. The molecule has 1 aliphatic heterocycles. The Balaban J connectivity index is 2.29. The van der Waals surface area contributed by atoms with E-state index in [0.29, 0.717) is 0 Å². The van der Waals surface area contributed by atoms with Crippen molar-refractivity contribution in [1.82, 2.24) is 5.32 Å².